The van der Waals surface area contributed by atoms with Gasteiger partial charge in [-0.25, -0.2) is 4.99 Å². The van der Waals surface area contributed by atoms with E-state index < -0.39 is 0 Å². The number of aliphatic imine (C=N–C) groups is 1. The lowest BCUT2D eigenvalue weighted by atomic mass is 9.87. The van der Waals surface area contributed by atoms with Gasteiger partial charge in [0, 0.05) is 39.8 Å². The third kappa shape index (κ3) is 7.56. The topological polar surface area (TPSA) is 70.8 Å². The molecule has 2 saturated heterocycles. The Labute approximate surface area is 205 Å². The summed E-state index contributed by atoms with van der Waals surface area (Å²) in [5.74, 6) is 4.47. The van der Waals surface area contributed by atoms with Gasteiger partial charge in [-0.15, -0.1) is 34.2 Å². The van der Waals surface area contributed by atoms with Crippen LogP contribution in [0, 0.1) is 18.8 Å². The van der Waals surface area contributed by atoms with Gasteiger partial charge >= 0.3 is 0 Å². The van der Waals surface area contributed by atoms with Crippen LogP contribution < -0.4 is 5.32 Å². The summed E-state index contributed by atoms with van der Waals surface area (Å²) >= 11 is 0. The van der Waals surface area contributed by atoms with E-state index in [1.54, 1.807) is 0 Å². The van der Waals surface area contributed by atoms with E-state index in [1.165, 1.54) is 19.3 Å². The Morgan fingerprint density at radius 2 is 1.94 bits per heavy atom. The van der Waals surface area contributed by atoms with E-state index in [0.717, 1.165) is 88.3 Å². The number of likely N-dealkylation sites (tertiary alicyclic amines) is 1. The lowest BCUT2D eigenvalue weighted by molar-refractivity contribution is 0.0375. The van der Waals surface area contributed by atoms with E-state index in [9.17, 15) is 0 Å². The molecule has 1 N–H and O–H groups in total. The number of aromatic nitrogens is 3. The van der Waals surface area contributed by atoms with Crippen LogP contribution in [-0.4, -0.2) is 83.0 Å². The van der Waals surface area contributed by atoms with Gasteiger partial charge in [0.2, 0.25) is 0 Å². The molecule has 2 aliphatic rings. The van der Waals surface area contributed by atoms with E-state index in [-0.39, 0.29) is 24.0 Å². The number of ether oxygens (including phenoxy) is 1. The van der Waals surface area contributed by atoms with E-state index >= 15 is 0 Å². The first-order chi connectivity index (χ1) is 14.6. The molecule has 0 amide bonds. The van der Waals surface area contributed by atoms with Crippen molar-refractivity contribution < 1.29 is 4.74 Å². The van der Waals surface area contributed by atoms with Crippen molar-refractivity contribution >= 4 is 29.9 Å². The van der Waals surface area contributed by atoms with Crippen LogP contribution in [0.15, 0.2) is 4.99 Å². The number of nitrogens with one attached hydrogen (secondary N) is 1. The maximum absolute atomic E-state index is 5.45. The Kier molecular flexibility index (Phi) is 11.5. The van der Waals surface area contributed by atoms with Gasteiger partial charge in [-0.2, -0.15) is 0 Å². The van der Waals surface area contributed by atoms with Crippen LogP contribution >= 0.6 is 24.0 Å². The molecule has 1 atom stereocenters. The van der Waals surface area contributed by atoms with E-state index in [0.29, 0.717) is 6.54 Å². The average Bonchev–Trinajstić information content (AvgIpc) is 3.37. The van der Waals surface area contributed by atoms with Crippen molar-refractivity contribution in [3.63, 3.8) is 0 Å². The molecule has 2 aliphatic heterocycles. The van der Waals surface area contributed by atoms with Gasteiger partial charge in [0.05, 0.1) is 13.2 Å². The highest BCUT2D eigenvalue weighted by Gasteiger charge is 2.29. The predicted octanol–water partition coefficient (Wildman–Crippen LogP) is 2.67. The standard InChI is InChI=1S/C22H41N7O.HI/c1-5-19(6-2)20-8-11-29(17-20)22(24-16-21-26-25-18(3)27(21)4)23-9-7-10-28-12-14-30-15-13-28;/h19-20H,5-17H2,1-4H3,(H,23,24);1H. The number of hydrogen-bond acceptors (Lipinski definition) is 5. The molecule has 1 unspecified atom stereocenters. The zero-order valence-corrected chi connectivity index (χ0v) is 22.2. The molecule has 0 bridgehead atoms. The Morgan fingerprint density at radius 3 is 2.58 bits per heavy atom. The number of hydrogen-bond donors (Lipinski definition) is 1. The summed E-state index contributed by atoms with van der Waals surface area (Å²) in [6.07, 6.45) is 4.93. The quantitative estimate of drug-likeness (QED) is 0.222. The molecule has 2 fully saturated rings. The zero-order valence-electron chi connectivity index (χ0n) is 19.8. The van der Waals surface area contributed by atoms with Crippen LogP contribution in [0.1, 0.15) is 51.2 Å². The molecule has 8 nitrogen and oxygen atoms in total. The summed E-state index contributed by atoms with van der Waals surface area (Å²) in [7, 11) is 2.01. The highest BCUT2D eigenvalue weighted by molar-refractivity contribution is 14.0. The second kappa shape index (κ2) is 13.6. The molecule has 1 aromatic rings. The van der Waals surface area contributed by atoms with Crippen LogP contribution in [-0.2, 0) is 18.3 Å². The molecular formula is C22H42IN7O. The van der Waals surface area contributed by atoms with Gasteiger partial charge in [-0.05, 0) is 38.1 Å². The highest BCUT2D eigenvalue weighted by Crippen LogP contribution is 2.28. The fourth-order valence-corrected chi connectivity index (χ4v) is 4.65. The third-order valence-corrected chi connectivity index (χ3v) is 6.83. The molecule has 3 heterocycles. The van der Waals surface area contributed by atoms with Crippen LogP contribution in [0.4, 0.5) is 0 Å². The minimum Gasteiger partial charge on any atom is -0.379 e. The van der Waals surface area contributed by atoms with Crippen molar-refractivity contribution in [2.75, 3.05) is 52.5 Å². The predicted molar refractivity (Wildman–Crippen MR) is 136 cm³/mol. The van der Waals surface area contributed by atoms with Crippen molar-refractivity contribution in [2.45, 2.75) is 53.0 Å². The number of halogens is 1. The molecule has 1 aromatic heterocycles. The molecular weight excluding hydrogens is 505 g/mol. The molecule has 0 aliphatic carbocycles. The molecule has 0 saturated carbocycles. The number of guanidine groups is 1. The SMILES string of the molecule is CCC(CC)C1CCN(C(=NCc2nnc(C)n2C)NCCCN2CCOCC2)C1.I. The van der Waals surface area contributed by atoms with Gasteiger partial charge < -0.3 is 19.5 Å². The summed E-state index contributed by atoms with van der Waals surface area (Å²) in [4.78, 5) is 9.90. The summed E-state index contributed by atoms with van der Waals surface area (Å²) in [5, 5.41) is 12.1. The van der Waals surface area contributed by atoms with Gasteiger partial charge in [-0.1, -0.05) is 26.7 Å². The minimum atomic E-state index is 0. The number of nitrogens with zero attached hydrogens (tertiary/aromatic N) is 6. The van der Waals surface area contributed by atoms with Crippen LogP contribution in [0.25, 0.3) is 0 Å². The van der Waals surface area contributed by atoms with Gasteiger partial charge in [0.25, 0.3) is 0 Å². The van der Waals surface area contributed by atoms with Crippen molar-refractivity contribution in [1.82, 2.24) is 29.9 Å². The molecule has 0 aromatic carbocycles. The lowest BCUT2D eigenvalue weighted by Gasteiger charge is -2.27. The minimum absolute atomic E-state index is 0. The van der Waals surface area contributed by atoms with E-state index in [4.69, 9.17) is 9.73 Å². The highest BCUT2D eigenvalue weighted by atomic mass is 127. The Hall–Kier alpha value is -0.940. The van der Waals surface area contributed by atoms with Crippen LogP contribution in [0.3, 0.4) is 0 Å². The van der Waals surface area contributed by atoms with Crippen molar-refractivity contribution in [1.29, 1.82) is 0 Å². The molecule has 3 rings (SSSR count). The maximum Gasteiger partial charge on any atom is 0.194 e. The Bertz CT molecular complexity index is 671. The normalized spacial score (nSPS) is 20.4. The molecule has 31 heavy (non-hydrogen) atoms. The summed E-state index contributed by atoms with van der Waals surface area (Å²) in [6.45, 7) is 15.3. The first-order valence-electron chi connectivity index (χ1n) is 11.8. The fraction of sp³-hybridized carbons (Fsp3) is 0.864. The monoisotopic (exact) mass is 547 g/mol. The van der Waals surface area contributed by atoms with Gasteiger partial charge in [0.1, 0.15) is 12.4 Å². The van der Waals surface area contributed by atoms with E-state index in [2.05, 4.69) is 39.2 Å². The first kappa shape index (κ1) is 26.3. The largest absolute Gasteiger partial charge is 0.379 e. The van der Waals surface area contributed by atoms with E-state index in [1.807, 2.05) is 18.5 Å². The number of aryl methyl sites for hydroxylation is 1. The average molecular weight is 548 g/mol. The summed E-state index contributed by atoms with van der Waals surface area (Å²) in [6, 6.07) is 0. The molecule has 0 spiro atoms. The number of rotatable bonds is 9. The molecule has 9 heteroatoms. The summed E-state index contributed by atoms with van der Waals surface area (Å²) < 4.78 is 7.47. The van der Waals surface area contributed by atoms with Crippen molar-refractivity contribution in [3.8, 4) is 0 Å². The Balaban J connectivity index is 0.00000341. The third-order valence-electron chi connectivity index (χ3n) is 6.83. The number of morpholine rings is 1. The Morgan fingerprint density at radius 1 is 1.19 bits per heavy atom. The molecule has 178 valence electrons. The summed E-state index contributed by atoms with van der Waals surface area (Å²) in [5.41, 5.74) is 0. The van der Waals surface area contributed by atoms with Crippen LogP contribution in [0.5, 0.6) is 0 Å². The van der Waals surface area contributed by atoms with Crippen LogP contribution in [0.2, 0.25) is 0 Å². The maximum atomic E-state index is 5.45. The smallest absolute Gasteiger partial charge is 0.194 e. The second-order valence-electron chi connectivity index (χ2n) is 8.67. The van der Waals surface area contributed by atoms with Crippen molar-refractivity contribution in [3.05, 3.63) is 11.6 Å². The second-order valence-corrected chi connectivity index (χ2v) is 8.67. The first-order valence-corrected chi connectivity index (χ1v) is 11.8. The fourth-order valence-electron chi connectivity index (χ4n) is 4.65. The van der Waals surface area contributed by atoms with Gasteiger partial charge in [-0.3, -0.25) is 4.90 Å². The van der Waals surface area contributed by atoms with Gasteiger partial charge in [0.15, 0.2) is 11.8 Å². The molecule has 0 radical (unpaired) electrons. The van der Waals surface area contributed by atoms with Crippen molar-refractivity contribution in [2.24, 2.45) is 23.9 Å². The zero-order chi connectivity index (χ0) is 21.3. The lowest BCUT2D eigenvalue weighted by Crippen LogP contribution is -2.42.